The molecule has 0 aromatic heterocycles. The van der Waals surface area contributed by atoms with Crippen molar-refractivity contribution in [3.8, 4) is 5.75 Å². The van der Waals surface area contributed by atoms with Gasteiger partial charge in [-0.05, 0) is 17.7 Å². The fraction of sp³-hybridized carbons (Fsp3) is 0.364. The van der Waals surface area contributed by atoms with Gasteiger partial charge in [-0.1, -0.05) is 22.0 Å². The highest BCUT2D eigenvalue weighted by Gasteiger charge is 2.23. The van der Waals surface area contributed by atoms with Crippen LogP contribution in [-0.4, -0.2) is 30.0 Å². The van der Waals surface area contributed by atoms with Crippen LogP contribution in [0, 0.1) is 0 Å². The molecule has 1 atom stereocenters. The van der Waals surface area contributed by atoms with Crippen LogP contribution in [0.4, 0.5) is 5.69 Å². The Morgan fingerprint density at radius 2 is 2.38 bits per heavy atom. The molecule has 1 aliphatic rings. The highest BCUT2D eigenvalue weighted by molar-refractivity contribution is 9.09. The van der Waals surface area contributed by atoms with Gasteiger partial charge in [0.05, 0.1) is 11.8 Å². The zero-order valence-electron chi connectivity index (χ0n) is 8.81. The maximum atomic E-state index is 11.4. The number of nitrogens with zero attached hydrogens (tertiary/aromatic N) is 1. The Kier molecular flexibility index (Phi) is 3.16. The highest BCUT2D eigenvalue weighted by atomic mass is 79.9. The van der Waals surface area contributed by atoms with Gasteiger partial charge in [0.15, 0.2) is 6.61 Å². The lowest BCUT2D eigenvalue weighted by molar-refractivity contribution is -0.120. The second kappa shape index (κ2) is 4.43. The summed E-state index contributed by atoms with van der Waals surface area (Å²) in [7, 11) is 1.70. The molecule has 0 spiro atoms. The van der Waals surface area contributed by atoms with Crippen LogP contribution in [0.5, 0.6) is 5.75 Å². The first-order chi connectivity index (χ1) is 7.63. The molecule has 0 fully saturated rings. The maximum absolute atomic E-state index is 11.4. The molecule has 5 heteroatoms. The van der Waals surface area contributed by atoms with Crippen LogP contribution in [0.25, 0.3) is 0 Å². The lowest BCUT2D eigenvalue weighted by Gasteiger charge is -2.26. The first kappa shape index (κ1) is 11.4. The number of halogens is 1. The van der Waals surface area contributed by atoms with E-state index in [0.717, 1.165) is 5.56 Å². The van der Waals surface area contributed by atoms with Crippen molar-refractivity contribution >= 4 is 27.5 Å². The lowest BCUT2D eigenvalue weighted by atomic mass is 10.1. The van der Waals surface area contributed by atoms with E-state index in [1.165, 1.54) is 0 Å². The summed E-state index contributed by atoms with van der Waals surface area (Å²) in [5.41, 5.74) is 1.47. The molecule has 0 aliphatic carbocycles. The van der Waals surface area contributed by atoms with Crippen molar-refractivity contribution in [2.75, 3.05) is 23.9 Å². The number of aliphatic hydroxyl groups excluding tert-OH is 1. The number of benzene rings is 1. The fourth-order valence-corrected chi connectivity index (χ4v) is 1.96. The summed E-state index contributed by atoms with van der Waals surface area (Å²) in [6.07, 6.45) is -0.573. The van der Waals surface area contributed by atoms with Crippen LogP contribution in [0.15, 0.2) is 18.2 Å². The molecule has 1 unspecified atom stereocenters. The van der Waals surface area contributed by atoms with E-state index in [1.54, 1.807) is 30.1 Å². The fourth-order valence-electron chi connectivity index (χ4n) is 1.59. The summed E-state index contributed by atoms with van der Waals surface area (Å²) < 4.78 is 5.29. The molecule has 0 saturated heterocycles. The number of fused-ring (bicyclic) bond motifs is 1. The average molecular weight is 286 g/mol. The molecule has 2 rings (SSSR count). The van der Waals surface area contributed by atoms with Crippen molar-refractivity contribution in [2.45, 2.75) is 6.10 Å². The second-order valence-electron chi connectivity index (χ2n) is 3.64. The van der Waals surface area contributed by atoms with E-state index < -0.39 is 6.10 Å². The van der Waals surface area contributed by atoms with Gasteiger partial charge in [0.2, 0.25) is 0 Å². The predicted octanol–water partition coefficient (Wildman–Crippen LogP) is 1.47. The van der Waals surface area contributed by atoms with E-state index in [1.807, 2.05) is 0 Å². The van der Waals surface area contributed by atoms with Crippen LogP contribution in [-0.2, 0) is 4.79 Å². The van der Waals surface area contributed by atoms with Crippen molar-refractivity contribution in [3.63, 3.8) is 0 Å². The van der Waals surface area contributed by atoms with Crippen molar-refractivity contribution < 1.29 is 14.6 Å². The van der Waals surface area contributed by atoms with Gasteiger partial charge >= 0.3 is 0 Å². The first-order valence-corrected chi connectivity index (χ1v) is 6.03. The van der Waals surface area contributed by atoms with Crippen LogP contribution in [0.3, 0.4) is 0 Å². The van der Waals surface area contributed by atoms with Gasteiger partial charge in [0, 0.05) is 12.4 Å². The molecule has 86 valence electrons. The van der Waals surface area contributed by atoms with Crippen molar-refractivity contribution in [2.24, 2.45) is 0 Å². The summed E-state index contributed by atoms with van der Waals surface area (Å²) in [6.45, 7) is 0.0733. The number of alkyl halides is 1. The quantitative estimate of drug-likeness (QED) is 0.838. The molecule has 1 aromatic carbocycles. The third-order valence-corrected chi connectivity index (χ3v) is 3.21. The smallest absolute Gasteiger partial charge is 0.264 e. The zero-order valence-corrected chi connectivity index (χ0v) is 10.4. The van der Waals surface area contributed by atoms with Crippen LogP contribution >= 0.6 is 15.9 Å². The van der Waals surface area contributed by atoms with Gasteiger partial charge in [-0.15, -0.1) is 0 Å². The number of hydrogen-bond donors (Lipinski definition) is 1. The van der Waals surface area contributed by atoms with E-state index in [2.05, 4.69) is 15.9 Å². The normalized spacial score (nSPS) is 16.7. The molecule has 1 N–H and O–H groups in total. The minimum absolute atomic E-state index is 0.0733. The molecule has 16 heavy (non-hydrogen) atoms. The Morgan fingerprint density at radius 1 is 1.62 bits per heavy atom. The molecular formula is C11H12BrNO3. The number of hydrogen-bond acceptors (Lipinski definition) is 3. The number of rotatable bonds is 2. The molecule has 1 heterocycles. The van der Waals surface area contributed by atoms with Gasteiger partial charge in [-0.3, -0.25) is 4.79 Å². The summed E-state index contributed by atoms with van der Waals surface area (Å²) >= 11 is 3.21. The Labute approximate surface area is 102 Å². The largest absolute Gasteiger partial charge is 0.482 e. The van der Waals surface area contributed by atoms with Crippen molar-refractivity contribution in [1.29, 1.82) is 0 Å². The number of ether oxygens (including phenoxy) is 1. The number of carbonyl (C=O) groups excluding carboxylic acids is 1. The van der Waals surface area contributed by atoms with Crippen molar-refractivity contribution in [3.05, 3.63) is 23.8 Å². The SMILES string of the molecule is CN1C(=O)COc2ccc(C(O)CBr)cc21. The van der Waals surface area contributed by atoms with E-state index in [4.69, 9.17) is 4.74 Å². The first-order valence-electron chi connectivity index (χ1n) is 4.91. The molecule has 0 bridgehead atoms. The van der Waals surface area contributed by atoms with Crippen LogP contribution < -0.4 is 9.64 Å². The Hall–Kier alpha value is -1.07. The molecule has 1 amide bonds. The third kappa shape index (κ3) is 1.92. The molecule has 1 aliphatic heterocycles. The molecule has 1 aromatic rings. The van der Waals surface area contributed by atoms with E-state index >= 15 is 0 Å². The summed E-state index contributed by atoms with van der Waals surface area (Å²) in [5.74, 6) is 0.589. The van der Waals surface area contributed by atoms with Crippen LogP contribution in [0.2, 0.25) is 0 Å². The Bertz CT molecular complexity index is 422. The topological polar surface area (TPSA) is 49.8 Å². The second-order valence-corrected chi connectivity index (χ2v) is 4.29. The highest BCUT2D eigenvalue weighted by Crippen LogP contribution is 2.33. The average Bonchev–Trinajstić information content (AvgIpc) is 2.32. The van der Waals surface area contributed by atoms with Gasteiger partial charge < -0.3 is 14.7 Å². The minimum Gasteiger partial charge on any atom is -0.482 e. The van der Waals surface area contributed by atoms with E-state index in [-0.39, 0.29) is 12.5 Å². The molecule has 0 saturated carbocycles. The van der Waals surface area contributed by atoms with E-state index in [0.29, 0.717) is 16.8 Å². The lowest BCUT2D eigenvalue weighted by Crippen LogP contribution is -2.35. The van der Waals surface area contributed by atoms with Gasteiger partial charge in [-0.25, -0.2) is 0 Å². The van der Waals surface area contributed by atoms with Gasteiger partial charge in [-0.2, -0.15) is 0 Å². The molecular weight excluding hydrogens is 274 g/mol. The number of anilines is 1. The number of carbonyl (C=O) groups is 1. The monoisotopic (exact) mass is 285 g/mol. The number of aliphatic hydroxyl groups is 1. The predicted molar refractivity (Wildman–Crippen MR) is 64.1 cm³/mol. The molecule has 4 nitrogen and oxygen atoms in total. The number of likely N-dealkylation sites (N-methyl/N-ethyl adjacent to an activating group) is 1. The Morgan fingerprint density at radius 3 is 3.06 bits per heavy atom. The standard InChI is InChI=1S/C11H12BrNO3/c1-13-8-4-7(9(14)5-12)2-3-10(8)16-6-11(13)15/h2-4,9,14H,5-6H2,1H3. The van der Waals surface area contributed by atoms with Crippen molar-refractivity contribution in [1.82, 2.24) is 0 Å². The van der Waals surface area contributed by atoms with E-state index in [9.17, 15) is 9.90 Å². The number of amides is 1. The summed E-state index contributed by atoms with van der Waals surface area (Å²) in [6, 6.07) is 5.35. The zero-order chi connectivity index (χ0) is 11.7. The minimum atomic E-state index is -0.573. The summed E-state index contributed by atoms with van der Waals surface area (Å²) in [4.78, 5) is 13.0. The summed E-state index contributed by atoms with van der Waals surface area (Å²) in [5, 5.41) is 10.2. The third-order valence-electron chi connectivity index (χ3n) is 2.60. The Balaban J connectivity index is 2.40. The van der Waals surface area contributed by atoms with Gasteiger partial charge in [0.25, 0.3) is 5.91 Å². The van der Waals surface area contributed by atoms with Gasteiger partial charge in [0.1, 0.15) is 5.75 Å². The maximum Gasteiger partial charge on any atom is 0.264 e. The molecule has 0 radical (unpaired) electrons. The van der Waals surface area contributed by atoms with Crippen LogP contribution in [0.1, 0.15) is 11.7 Å².